The van der Waals surface area contributed by atoms with E-state index in [4.69, 9.17) is 27.2 Å². The Hall–Kier alpha value is -1.99. The second-order valence-corrected chi connectivity index (χ2v) is 8.45. The number of amides is 1. The average molecular weight is 424 g/mol. The highest BCUT2D eigenvalue weighted by Crippen LogP contribution is 2.35. The SMILES string of the molecule is COc1cc(N)c(Cl)cc1C(=O)NC1CC2CCCC(C1)N2CCCCC(=O)O. The van der Waals surface area contributed by atoms with Crippen LogP contribution in [0.4, 0.5) is 5.69 Å². The maximum atomic E-state index is 12.9. The van der Waals surface area contributed by atoms with E-state index in [1.165, 1.54) is 13.5 Å². The number of halogens is 1. The Bertz CT molecular complexity index is 744. The van der Waals surface area contributed by atoms with Gasteiger partial charge in [-0.05, 0) is 51.1 Å². The van der Waals surface area contributed by atoms with Gasteiger partial charge in [-0.15, -0.1) is 0 Å². The Morgan fingerprint density at radius 1 is 1.28 bits per heavy atom. The number of anilines is 1. The molecule has 2 bridgehead atoms. The standard InChI is InChI=1S/C21H30ClN3O4/c1-29-19-12-18(23)17(22)11-16(19)21(28)24-13-9-14-5-4-6-15(10-13)25(14)8-3-2-7-20(26)27/h11-15H,2-10,23H2,1H3,(H,24,28)(H,26,27). The predicted octanol–water partition coefficient (Wildman–Crippen LogP) is 3.30. The number of nitrogens with one attached hydrogen (secondary N) is 1. The van der Waals surface area contributed by atoms with Gasteiger partial charge in [0, 0.05) is 30.6 Å². The molecule has 0 radical (unpaired) electrons. The fourth-order valence-electron chi connectivity index (χ4n) is 4.71. The summed E-state index contributed by atoms with van der Waals surface area (Å²) in [5.74, 6) is -0.507. The predicted molar refractivity (Wildman–Crippen MR) is 113 cm³/mol. The molecular weight excluding hydrogens is 394 g/mol. The molecule has 4 N–H and O–H groups in total. The monoisotopic (exact) mass is 423 g/mol. The van der Waals surface area contributed by atoms with Gasteiger partial charge < -0.3 is 20.9 Å². The third kappa shape index (κ3) is 5.34. The van der Waals surface area contributed by atoms with Crippen LogP contribution in [0.15, 0.2) is 12.1 Å². The molecule has 2 aliphatic heterocycles. The Morgan fingerprint density at radius 3 is 2.59 bits per heavy atom. The Morgan fingerprint density at radius 2 is 1.97 bits per heavy atom. The molecule has 3 rings (SSSR count). The molecule has 2 heterocycles. The summed E-state index contributed by atoms with van der Waals surface area (Å²) in [5, 5.41) is 12.3. The minimum Gasteiger partial charge on any atom is -0.496 e. The number of benzene rings is 1. The van der Waals surface area contributed by atoms with Gasteiger partial charge in [-0.3, -0.25) is 14.5 Å². The van der Waals surface area contributed by atoms with Crippen LogP contribution in [0, 0.1) is 0 Å². The number of rotatable bonds is 8. The Labute approximate surface area is 176 Å². The first-order chi connectivity index (χ1) is 13.9. The van der Waals surface area contributed by atoms with Gasteiger partial charge >= 0.3 is 5.97 Å². The van der Waals surface area contributed by atoms with E-state index in [1.54, 1.807) is 12.1 Å². The smallest absolute Gasteiger partial charge is 0.303 e. The van der Waals surface area contributed by atoms with E-state index < -0.39 is 5.97 Å². The fourth-order valence-corrected chi connectivity index (χ4v) is 4.87. The first kappa shape index (κ1) is 21.7. The molecule has 2 atom stereocenters. The van der Waals surface area contributed by atoms with Crippen LogP contribution < -0.4 is 15.8 Å². The molecule has 2 fully saturated rings. The van der Waals surface area contributed by atoms with Crippen LogP contribution in [-0.4, -0.2) is 53.7 Å². The average Bonchev–Trinajstić information content (AvgIpc) is 2.66. The van der Waals surface area contributed by atoms with E-state index in [9.17, 15) is 9.59 Å². The molecule has 1 amide bonds. The quantitative estimate of drug-likeness (QED) is 0.437. The number of aliphatic carboxylic acids is 1. The number of piperidine rings is 2. The number of ether oxygens (including phenoxy) is 1. The molecule has 29 heavy (non-hydrogen) atoms. The highest BCUT2D eigenvalue weighted by Gasteiger charge is 2.38. The zero-order valence-corrected chi connectivity index (χ0v) is 17.6. The van der Waals surface area contributed by atoms with E-state index in [0.29, 0.717) is 40.5 Å². The van der Waals surface area contributed by atoms with E-state index >= 15 is 0 Å². The summed E-state index contributed by atoms with van der Waals surface area (Å²) in [5.41, 5.74) is 6.59. The number of carboxylic acid groups (broad SMARTS) is 1. The largest absolute Gasteiger partial charge is 0.496 e. The lowest BCUT2D eigenvalue weighted by molar-refractivity contribution is -0.137. The van der Waals surface area contributed by atoms with Crippen molar-refractivity contribution in [3.05, 3.63) is 22.7 Å². The maximum absolute atomic E-state index is 12.9. The minimum absolute atomic E-state index is 0.106. The molecule has 0 aromatic heterocycles. The summed E-state index contributed by atoms with van der Waals surface area (Å²) >= 11 is 6.10. The second-order valence-electron chi connectivity index (χ2n) is 8.04. The summed E-state index contributed by atoms with van der Waals surface area (Å²) in [4.78, 5) is 26.1. The fraction of sp³-hybridized carbons (Fsp3) is 0.619. The molecule has 0 saturated carbocycles. The van der Waals surface area contributed by atoms with Crippen LogP contribution >= 0.6 is 11.6 Å². The van der Waals surface area contributed by atoms with Gasteiger partial charge in [-0.2, -0.15) is 0 Å². The van der Waals surface area contributed by atoms with E-state index in [1.807, 2.05) is 0 Å². The number of carboxylic acids is 1. The second kappa shape index (κ2) is 9.67. The molecule has 0 spiro atoms. The zero-order valence-electron chi connectivity index (χ0n) is 16.8. The van der Waals surface area contributed by atoms with E-state index in [0.717, 1.165) is 38.6 Å². The van der Waals surface area contributed by atoms with Crippen molar-refractivity contribution < 1.29 is 19.4 Å². The van der Waals surface area contributed by atoms with Gasteiger partial charge in [0.05, 0.1) is 23.4 Å². The molecule has 2 saturated heterocycles. The van der Waals surface area contributed by atoms with Crippen molar-refractivity contribution in [3.8, 4) is 5.75 Å². The van der Waals surface area contributed by atoms with Gasteiger partial charge in [0.2, 0.25) is 0 Å². The number of hydrogen-bond acceptors (Lipinski definition) is 5. The number of nitrogen functional groups attached to an aromatic ring is 1. The van der Waals surface area contributed by atoms with E-state index in [-0.39, 0.29) is 18.4 Å². The van der Waals surface area contributed by atoms with Crippen LogP contribution in [0.1, 0.15) is 61.7 Å². The van der Waals surface area contributed by atoms with Crippen molar-refractivity contribution in [3.63, 3.8) is 0 Å². The first-order valence-electron chi connectivity index (χ1n) is 10.3. The molecule has 2 aliphatic rings. The van der Waals surface area contributed by atoms with Crippen molar-refractivity contribution in [2.24, 2.45) is 0 Å². The highest BCUT2D eigenvalue weighted by atomic mass is 35.5. The summed E-state index contributed by atoms with van der Waals surface area (Å²) in [6, 6.07) is 4.12. The number of unbranched alkanes of at least 4 members (excludes halogenated alkanes) is 1. The lowest BCUT2D eigenvalue weighted by Gasteiger charge is -2.49. The number of nitrogens with two attached hydrogens (primary N) is 1. The molecule has 1 aromatic rings. The molecule has 7 nitrogen and oxygen atoms in total. The van der Waals surface area contributed by atoms with Gasteiger partial charge in [0.1, 0.15) is 5.75 Å². The number of nitrogens with zero attached hydrogens (tertiary/aromatic N) is 1. The summed E-state index contributed by atoms with van der Waals surface area (Å²) < 4.78 is 5.31. The number of carbonyl (C=O) groups is 2. The molecule has 8 heteroatoms. The zero-order chi connectivity index (χ0) is 21.0. The van der Waals surface area contributed by atoms with Crippen LogP contribution in [0.25, 0.3) is 0 Å². The van der Waals surface area contributed by atoms with Gasteiger partial charge in [0.15, 0.2) is 0 Å². The Balaban J connectivity index is 1.61. The highest BCUT2D eigenvalue weighted by molar-refractivity contribution is 6.33. The molecule has 160 valence electrons. The van der Waals surface area contributed by atoms with Crippen molar-refractivity contribution in [1.82, 2.24) is 10.2 Å². The Kier molecular flexibility index (Phi) is 7.24. The van der Waals surface area contributed by atoms with E-state index in [2.05, 4.69) is 10.2 Å². The minimum atomic E-state index is -0.732. The first-order valence-corrected chi connectivity index (χ1v) is 10.7. The summed E-state index contributed by atoms with van der Waals surface area (Å²) in [6.07, 6.45) is 7.12. The van der Waals surface area contributed by atoms with Crippen LogP contribution in [0.3, 0.4) is 0 Å². The topological polar surface area (TPSA) is 105 Å². The lowest BCUT2D eigenvalue weighted by Crippen LogP contribution is -2.57. The molecule has 0 aliphatic carbocycles. The molecule has 2 unspecified atom stereocenters. The number of hydrogen-bond donors (Lipinski definition) is 3. The van der Waals surface area contributed by atoms with Crippen molar-refractivity contribution >= 4 is 29.2 Å². The maximum Gasteiger partial charge on any atom is 0.303 e. The van der Waals surface area contributed by atoms with Crippen LogP contribution in [0.5, 0.6) is 5.75 Å². The van der Waals surface area contributed by atoms with Gasteiger partial charge in [-0.1, -0.05) is 18.0 Å². The number of fused-ring (bicyclic) bond motifs is 2. The van der Waals surface area contributed by atoms with Crippen LogP contribution in [0.2, 0.25) is 5.02 Å². The summed E-state index contributed by atoms with van der Waals surface area (Å²) in [7, 11) is 1.51. The molecular formula is C21H30ClN3O4. The third-order valence-electron chi connectivity index (χ3n) is 6.08. The van der Waals surface area contributed by atoms with Crippen molar-refractivity contribution in [1.29, 1.82) is 0 Å². The normalized spacial score (nSPS) is 24.1. The van der Waals surface area contributed by atoms with Gasteiger partial charge in [0.25, 0.3) is 5.91 Å². The van der Waals surface area contributed by atoms with Crippen LogP contribution in [-0.2, 0) is 4.79 Å². The third-order valence-corrected chi connectivity index (χ3v) is 6.41. The lowest BCUT2D eigenvalue weighted by atomic mass is 9.81. The number of carbonyl (C=O) groups excluding carboxylic acids is 1. The van der Waals surface area contributed by atoms with Crippen molar-refractivity contribution in [2.75, 3.05) is 19.4 Å². The number of methoxy groups -OCH3 is 1. The van der Waals surface area contributed by atoms with Gasteiger partial charge in [-0.25, -0.2) is 0 Å². The van der Waals surface area contributed by atoms with Crippen molar-refractivity contribution in [2.45, 2.75) is 69.5 Å². The summed E-state index contributed by atoms with van der Waals surface area (Å²) in [6.45, 7) is 0.935. The molecule has 1 aromatic carbocycles.